The van der Waals surface area contributed by atoms with Crippen LogP contribution < -0.4 is 0 Å². The van der Waals surface area contributed by atoms with E-state index in [1.54, 1.807) is 0 Å². The Labute approximate surface area is 188 Å². The van der Waals surface area contributed by atoms with Crippen LogP contribution >= 0.6 is 0 Å². The van der Waals surface area contributed by atoms with Crippen LogP contribution in [0.3, 0.4) is 0 Å². The lowest BCUT2D eigenvalue weighted by atomic mass is 9.83. The van der Waals surface area contributed by atoms with Crippen molar-refractivity contribution in [3.8, 4) is 0 Å². The first-order chi connectivity index (χ1) is 15.4. The van der Waals surface area contributed by atoms with E-state index in [2.05, 4.69) is 6.58 Å². The van der Waals surface area contributed by atoms with Crippen LogP contribution in [0.2, 0.25) is 0 Å². The highest BCUT2D eigenvalue weighted by Crippen LogP contribution is 2.42. The highest BCUT2D eigenvalue weighted by Gasteiger charge is 2.49. The first-order valence-electron chi connectivity index (χ1n) is 11.6. The van der Waals surface area contributed by atoms with Crippen molar-refractivity contribution in [1.29, 1.82) is 0 Å². The van der Waals surface area contributed by atoms with Gasteiger partial charge < -0.3 is 14.2 Å². The Morgan fingerprint density at radius 1 is 1.12 bits per heavy atom. The molecule has 32 heavy (non-hydrogen) atoms. The van der Waals surface area contributed by atoms with Crippen molar-refractivity contribution < 1.29 is 31.8 Å². The molecule has 1 aromatic rings. The molecule has 0 radical (unpaired) electrons. The van der Waals surface area contributed by atoms with Crippen molar-refractivity contribution in [1.82, 2.24) is 0 Å². The van der Waals surface area contributed by atoms with Crippen molar-refractivity contribution >= 4 is 0 Å². The standard InChI is InChI=1S/C25H34F4O3/c1-3-5-7-17-14-31-24(32-15-17)19-11-12-21(25(28,29)13-19)30-16-20-10-9-18(8-6-4-2)22(26)23(20)27/h3,9-10,17,19,21,24H,1,4-8,11-16H2,2H3. The molecule has 0 spiro atoms. The minimum Gasteiger partial charge on any atom is -0.367 e. The molecule has 1 aliphatic heterocycles. The number of ether oxygens (including phenoxy) is 3. The fourth-order valence-electron chi connectivity index (χ4n) is 4.44. The SMILES string of the molecule is C=CCCC1COC(C2CCC(OCc3ccc(CCCC)c(F)c3F)C(F)(F)C2)OC1. The summed E-state index contributed by atoms with van der Waals surface area (Å²) in [6.45, 7) is 6.28. The van der Waals surface area contributed by atoms with Gasteiger partial charge in [0.1, 0.15) is 6.10 Å². The summed E-state index contributed by atoms with van der Waals surface area (Å²) in [5.74, 6) is -5.17. The number of unbranched alkanes of at least 4 members (excludes halogenated alkanes) is 1. The maximum atomic E-state index is 14.8. The van der Waals surface area contributed by atoms with Gasteiger partial charge in [-0.05, 0) is 44.1 Å². The summed E-state index contributed by atoms with van der Waals surface area (Å²) in [6, 6.07) is 2.95. The molecule has 0 bridgehead atoms. The van der Waals surface area contributed by atoms with E-state index >= 15 is 0 Å². The Kier molecular flexibility index (Phi) is 9.14. The molecule has 1 aliphatic carbocycles. The smallest absolute Gasteiger partial charge is 0.274 e. The Morgan fingerprint density at radius 3 is 2.47 bits per heavy atom. The Morgan fingerprint density at radius 2 is 1.81 bits per heavy atom. The number of hydrogen-bond acceptors (Lipinski definition) is 3. The summed E-state index contributed by atoms with van der Waals surface area (Å²) in [4.78, 5) is 0. The largest absolute Gasteiger partial charge is 0.367 e. The number of halogens is 4. The zero-order valence-corrected chi connectivity index (χ0v) is 18.8. The van der Waals surface area contributed by atoms with Gasteiger partial charge in [0.05, 0.1) is 19.8 Å². The van der Waals surface area contributed by atoms with Gasteiger partial charge in [0.25, 0.3) is 5.92 Å². The molecule has 7 heteroatoms. The normalized spacial score (nSPS) is 27.9. The topological polar surface area (TPSA) is 27.7 Å². The fraction of sp³-hybridized carbons (Fsp3) is 0.680. The number of aryl methyl sites for hydroxylation is 1. The molecule has 1 heterocycles. The summed E-state index contributed by atoms with van der Waals surface area (Å²) in [6.07, 6.45) is 3.88. The van der Waals surface area contributed by atoms with E-state index in [0.29, 0.717) is 31.6 Å². The molecule has 0 aromatic heterocycles. The molecule has 3 nitrogen and oxygen atoms in total. The van der Waals surface area contributed by atoms with Crippen molar-refractivity contribution in [3.05, 3.63) is 47.5 Å². The number of hydrogen-bond donors (Lipinski definition) is 0. The first kappa shape index (κ1) is 25.2. The van der Waals surface area contributed by atoms with E-state index in [0.717, 1.165) is 25.7 Å². The van der Waals surface area contributed by atoms with Crippen LogP contribution in [0, 0.1) is 23.5 Å². The zero-order chi connectivity index (χ0) is 23.1. The number of rotatable bonds is 10. The van der Waals surface area contributed by atoms with Gasteiger partial charge in [-0.1, -0.05) is 31.6 Å². The molecule has 2 fully saturated rings. The van der Waals surface area contributed by atoms with E-state index in [-0.39, 0.29) is 24.5 Å². The van der Waals surface area contributed by atoms with Gasteiger partial charge in [0.15, 0.2) is 17.9 Å². The van der Waals surface area contributed by atoms with Crippen molar-refractivity contribution in [3.63, 3.8) is 0 Å². The van der Waals surface area contributed by atoms with Crippen molar-refractivity contribution in [2.24, 2.45) is 11.8 Å². The van der Waals surface area contributed by atoms with Crippen LogP contribution in [0.25, 0.3) is 0 Å². The molecule has 180 valence electrons. The van der Waals surface area contributed by atoms with Crippen LogP contribution in [-0.2, 0) is 27.2 Å². The third-order valence-electron chi connectivity index (χ3n) is 6.44. The molecule has 2 atom stereocenters. The molecule has 2 unspecified atom stereocenters. The van der Waals surface area contributed by atoms with Gasteiger partial charge in [-0.25, -0.2) is 17.6 Å². The lowest BCUT2D eigenvalue weighted by molar-refractivity contribution is -0.254. The molecular formula is C25H34F4O3. The van der Waals surface area contributed by atoms with Gasteiger partial charge >= 0.3 is 0 Å². The van der Waals surface area contributed by atoms with E-state index in [1.165, 1.54) is 12.1 Å². The molecule has 0 amide bonds. The van der Waals surface area contributed by atoms with Gasteiger partial charge in [0.2, 0.25) is 0 Å². The molecule has 1 saturated heterocycles. The minimum atomic E-state index is -3.09. The van der Waals surface area contributed by atoms with Crippen LogP contribution in [-0.4, -0.2) is 31.5 Å². The van der Waals surface area contributed by atoms with E-state index in [4.69, 9.17) is 14.2 Å². The average molecular weight is 459 g/mol. The first-order valence-corrected chi connectivity index (χ1v) is 11.6. The predicted molar refractivity (Wildman–Crippen MR) is 114 cm³/mol. The van der Waals surface area contributed by atoms with Crippen molar-refractivity contribution in [2.45, 2.75) is 83.2 Å². The monoisotopic (exact) mass is 458 g/mol. The third kappa shape index (κ3) is 6.33. The summed E-state index contributed by atoms with van der Waals surface area (Å²) in [7, 11) is 0. The summed E-state index contributed by atoms with van der Waals surface area (Å²) >= 11 is 0. The molecule has 1 saturated carbocycles. The van der Waals surface area contributed by atoms with E-state index in [9.17, 15) is 17.6 Å². The highest BCUT2D eigenvalue weighted by atomic mass is 19.3. The minimum absolute atomic E-state index is 0.0369. The Balaban J connectivity index is 1.51. The van der Waals surface area contributed by atoms with Gasteiger partial charge in [-0.2, -0.15) is 0 Å². The second kappa shape index (κ2) is 11.6. The lowest BCUT2D eigenvalue weighted by Crippen LogP contribution is -2.47. The summed E-state index contributed by atoms with van der Waals surface area (Å²) < 4.78 is 75.0. The quantitative estimate of drug-likeness (QED) is 0.293. The van der Waals surface area contributed by atoms with Gasteiger partial charge in [-0.15, -0.1) is 6.58 Å². The van der Waals surface area contributed by atoms with Gasteiger partial charge in [-0.3, -0.25) is 0 Å². The number of benzene rings is 1. The summed E-state index contributed by atoms with van der Waals surface area (Å²) in [5, 5.41) is 0. The fourth-order valence-corrected chi connectivity index (χ4v) is 4.44. The molecule has 0 N–H and O–H groups in total. The maximum Gasteiger partial charge on any atom is 0.274 e. The third-order valence-corrected chi connectivity index (χ3v) is 6.44. The predicted octanol–water partition coefficient (Wildman–Crippen LogP) is 6.58. The van der Waals surface area contributed by atoms with Crippen LogP contribution in [0.1, 0.15) is 63.0 Å². The molecular weight excluding hydrogens is 424 g/mol. The van der Waals surface area contributed by atoms with Crippen LogP contribution in [0.15, 0.2) is 24.8 Å². The van der Waals surface area contributed by atoms with E-state index in [1.807, 2.05) is 13.0 Å². The second-order valence-corrected chi connectivity index (χ2v) is 8.98. The van der Waals surface area contributed by atoms with Crippen molar-refractivity contribution in [2.75, 3.05) is 13.2 Å². The molecule has 1 aromatic carbocycles. The lowest BCUT2D eigenvalue weighted by Gasteiger charge is -2.40. The zero-order valence-electron chi connectivity index (χ0n) is 18.8. The van der Waals surface area contributed by atoms with Crippen LogP contribution in [0.5, 0.6) is 0 Å². The van der Waals surface area contributed by atoms with E-state index < -0.39 is 42.3 Å². The Hall–Kier alpha value is -1.44. The highest BCUT2D eigenvalue weighted by molar-refractivity contribution is 5.26. The van der Waals surface area contributed by atoms with Crippen LogP contribution in [0.4, 0.5) is 17.6 Å². The molecule has 2 aliphatic rings. The second-order valence-electron chi connectivity index (χ2n) is 8.98. The number of alkyl halides is 2. The summed E-state index contributed by atoms with van der Waals surface area (Å²) in [5.41, 5.74) is 0.267. The number of allylic oxidation sites excluding steroid dienone is 1. The maximum absolute atomic E-state index is 14.8. The Bertz CT molecular complexity index is 747. The van der Waals surface area contributed by atoms with Gasteiger partial charge in [0, 0.05) is 23.8 Å². The average Bonchev–Trinajstić information content (AvgIpc) is 2.78. The molecule has 3 rings (SSSR count).